The van der Waals surface area contributed by atoms with Gasteiger partial charge in [-0.1, -0.05) is 13.8 Å². The van der Waals surface area contributed by atoms with Crippen LogP contribution in [0.1, 0.15) is 51.3 Å². The van der Waals surface area contributed by atoms with E-state index in [0.717, 1.165) is 0 Å². The maximum atomic E-state index is 12.8. The van der Waals surface area contributed by atoms with Gasteiger partial charge in [0.15, 0.2) is 0 Å². The Balaban J connectivity index is 0.00000497. The third kappa shape index (κ3) is 8.71. The number of aliphatic hydroxyl groups excluding tert-OH is 4. The van der Waals surface area contributed by atoms with E-state index < -0.39 is 43.1 Å². The first-order valence-electron chi connectivity index (χ1n) is 10.7. The number of aliphatic hydroxyl groups is 4. The first-order chi connectivity index (χ1) is 15.6. The summed E-state index contributed by atoms with van der Waals surface area (Å²) in [6.07, 6.45) is -2.31. The highest BCUT2D eigenvalue weighted by atomic mass is 16.5. The molecule has 1 rings (SSSR count). The van der Waals surface area contributed by atoms with Gasteiger partial charge in [-0.3, -0.25) is 14.4 Å². The summed E-state index contributed by atoms with van der Waals surface area (Å²) in [5, 5.41) is 44.5. The molecule has 1 aromatic carbocycles. The van der Waals surface area contributed by atoms with E-state index in [0.29, 0.717) is 16.7 Å². The number of carbonyl (C=O) groups excluding carboxylic acids is 3. The van der Waals surface area contributed by atoms with Crippen LogP contribution in [0.15, 0.2) is 0 Å². The Morgan fingerprint density at radius 1 is 0.818 bits per heavy atom. The summed E-state index contributed by atoms with van der Waals surface area (Å²) in [6, 6.07) is 0. The largest absolute Gasteiger partial charge is 0.394 e. The molecule has 0 saturated carbocycles. The van der Waals surface area contributed by atoms with Gasteiger partial charge in [0.25, 0.3) is 11.8 Å². The Bertz CT molecular complexity index is 760. The van der Waals surface area contributed by atoms with E-state index >= 15 is 0 Å². The quantitative estimate of drug-likeness (QED) is 0.223. The molecule has 0 aromatic heterocycles. The molecule has 0 aliphatic heterocycles. The van der Waals surface area contributed by atoms with Crippen molar-refractivity contribution >= 4 is 23.4 Å². The van der Waals surface area contributed by atoms with Crippen molar-refractivity contribution in [2.45, 2.75) is 46.8 Å². The molecule has 0 spiro atoms. The van der Waals surface area contributed by atoms with Crippen LogP contribution >= 0.6 is 0 Å². The topological polar surface area (TPSA) is 177 Å². The van der Waals surface area contributed by atoms with E-state index in [-0.39, 0.29) is 36.5 Å². The van der Waals surface area contributed by atoms with Crippen LogP contribution in [0, 0.1) is 20.8 Å². The molecular formula is C22H37N3O8. The van der Waals surface area contributed by atoms with Crippen molar-refractivity contribution < 1.29 is 39.5 Å². The molecule has 7 N–H and O–H groups in total. The average molecular weight is 472 g/mol. The summed E-state index contributed by atoms with van der Waals surface area (Å²) < 4.78 is 4.82. The molecule has 3 amide bonds. The van der Waals surface area contributed by atoms with Crippen LogP contribution in [-0.4, -0.2) is 90.4 Å². The molecule has 0 aliphatic rings. The first-order valence-corrected chi connectivity index (χ1v) is 10.7. The Hall–Kier alpha value is -2.57. The fourth-order valence-corrected chi connectivity index (χ4v) is 3.12. The molecule has 1 aromatic rings. The van der Waals surface area contributed by atoms with Crippen molar-refractivity contribution in [1.29, 1.82) is 0 Å². The molecule has 0 heterocycles. The third-order valence-corrected chi connectivity index (χ3v) is 4.66. The minimum Gasteiger partial charge on any atom is -0.394 e. The summed E-state index contributed by atoms with van der Waals surface area (Å²) in [5.74, 6) is -1.69. The lowest BCUT2D eigenvalue weighted by molar-refractivity contribution is -0.119. The second kappa shape index (κ2) is 15.3. The highest BCUT2D eigenvalue weighted by Crippen LogP contribution is 2.31. The van der Waals surface area contributed by atoms with Gasteiger partial charge in [0.2, 0.25) is 5.91 Å². The second-order valence-electron chi connectivity index (χ2n) is 7.07. The van der Waals surface area contributed by atoms with Crippen LogP contribution in [0.4, 0.5) is 5.69 Å². The standard InChI is InChI=1S/C20H31N3O8.C2H6/c1-10-16(19(29)21-5-13(26)7-24)11(2)18(23-15(28)9-31-4)12(3)17(10)20(30)22-6-14(27)8-25;1-2/h13-14,24-27H,5-9H2,1-4H3,(H,21,29)(H,22,30)(H,23,28);1-2H3. The molecular weight excluding hydrogens is 434 g/mol. The SMILES string of the molecule is CC.COCC(=O)Nc1c(C)c(C(=O)NCC(O)CO)c(C)c(C(=O)NCC(O)CO)c1C. The monoisotopic (exact) mass is 471 g/mol. The van der Waals surface area contributed by atoms with Gasteiger partial charge in [0.1, 0.15) is 6.61 Å². The fourth-order valence-electron chi connectivity index (χ4n) is 3.12. The van der Waals surface area contributed by atoms with Gasteiger partial charge in [0, 0.05) is 37.0 Å². The van der Waals surface area contributed by atoms with Crippen molar-refractivity contribution in [3.8, 4) is 0 Å². The van der Waals surface area contributed by atoms with Crippen molar-refractivity contribution in [1.82, 2.24) is 10.6 Å². The van der Waals surface area contributed by atoms with Crippen LogP contribution in [0.2, 0.25) is 0 Å². The number of carbonyl (C=O) groups is 3. The zero-order valence-corrected chi connectivity index (χ0v) is 20.1. The average Bonchev–Trinajstić information content (AvgIpc) is 2.80. The van der Waals surface area contributed by atoms with Crippen molar-refractivity contribution in [2.24, 2.45) is 0 Å². The van der Waals surface area contributed by atoms with E-state index in [1.165, 1.54) is 7.11 Å². The van der Waals surface area contributed by atoms with E-state index in [9.17, 15) is 24.6 Å². The van der Waals surface area contributed by atoms with Crippen LogP contribution in [0.25, 0.3) is 0 Å². The molecule has 33 heavy (non-hydrogen) atoms. The van der Waals surface area contributed by atoms with Crippen molar-refractivity contribution in [3.63, 3.8) is 0 Å². The fraction of sp³-hybridized carbons (Fsp3) is 0.591. The highest BCUT2D eigenvalue weighted by Gasteiger charge is 2.26. The predicted molar refractivity (Wildman–Crippen MR) is 123 cm³/mol. The lowest BCUT2D eigenvalue weighted by atomic mass is 9.90. The Labute approximate surface area is 194 Å². The van der Waals surface area contributed by atoms with E-state index in [1.807, 2.05) is 13.8 Å². The third-order valence-electron chi connectivity index (χ3n) is 4.66. The number of methoxy groups -OCH3 is 1. The molecule has 11 nitrogen and oxygen atoms in total. The van der Waals surface area contributed by atoms with Crippen LogP contribution in [0.5, 0.6) is 0 Å². The number of anilines is 1. The summed E-state index contributed by atoms with van der Waals surface area (Å²) in [7, 11) is 1.35. The Morgan fingerprint density at radius 3 is 1.55 bits per heavy atom. The predicted octanol–water partition coefficient (Wildman–Crippen LogP) is -0.611. The van der Waals surface area contributed by atoms with E-state index in [4.69, 9.17) is 14.9 Å². The number of amides is 3. The molecule has 0 fully saturated rings. The molecule has 0 saturated heterocycles. The Kier molecular flexibility index (Phi) is 14.1. The van der Waals surface area contributed by atoms with Crippen LogP contribution in [0.3, 0.4) is 0 Å². The van der Waals surface area contributed by atoms with Crippen LogP contribution < -0.4 is 16.0 Å². The second-order valence-corrected chi connectivity index (χ2v) is 7.07. The van der Waals surface area contributed by atoms with Gasteiger partial charge in [0.05, 0.1) is 25.4 Å². The summed E-state index contributed by atoms with van der Waals surface area (Å²) >= 11 is 0. The van der Waals surface area contributed by atoms with Crippen molar-refractivity contribution in [2.75, 3.05) is 45.3 Å². The maximum Gasteiger partial charge on any atom is 0.252 e. The normalized spacial score (nSPS) is 12.2. The number of hydrogen-bond acceptors (Lipinski definition) is 8. The first kappa shape index (κ1) is 30.4. The lowest BCUT2D eigenvalue weighted by Gasteiger charge is -2.22. The molecule has 188 valence electrons. The van der Waals surface area contributed by atoms with Crippen molar-refractivity contribution in [3.05, 3.63) is 27.8 Å². The molecule has 11 heteroatoms. The number of benzene rings is 1. The van der Waals surface area contributed by atoms with Gasteiger partial charge >= 0.3 is 0 Å². The number of nitrogens with one attached hydrogen (secondary N) is 3. The zero-order valence-electron chi connectivity index (χ0n) is 20.1. The molecule has 2 unspecified atom stereocenters. The molecule has 0 radical (unpaired) electrons. The number of rotatable bonds is 11. The van der Waals surface area contributed by atoms with Gasteiger partial charge < -0.3 is 41.1 Å². The minimum absolute atomic E-state index is 0.122. The van der Waals surface area contributed by atoms with Gasteiger partial charge in [-0.25, -0.2) is 0 Å². The number of hydrogen-bond donors (Lipinski definition) is 7. The van der Waals surface area contributed by atoms with E-state index in [1.54, 1.807) is 20.8 Å². The summed E-state index contributed by atoms with van der Waals surface area (Å²) in [6.45, 7) is 7.05. The molecule has 0 bridgehead atoms. The van der Waals surface area contributed by atoms with Gasteiger partial charge in [-0.05, 0) is 37.5 Å². The van der Waals surface area contributed by atoms with Gasteiger partial charge in [-0.15, -0.1) is 0 Å². The summed E-state index contributed by atoms with van der Waals surface area (Å²) in [4.78, 5) is 37.8. The zero-order chi connectivity index (χ0) is 25.7. The summed E-state index contributed by atoms with van der Waals surface area (Å²) in [5.41, 5.74) is 1.64. The van der Waals surface area contributed by atoms with Gasteiger partial charge in [-0.2, -0.15) is 0 Å². The number of ether oxygens (including phenoxy) is 1. The lowest BCUT2D eigenvalue weighted by Crippen LogP contribution is -2.37. The van der Waals surface area contributed by atoms with Crippen LogP contribution in [-0.2, 0) is 9.53 Å². The highest BCUT2D eigenvalue weighted by molar-refractivity contribution is 6.07. The Morgan fingerprint density at radius 2 is 1.21 bits per heavy atom. The molecule has 2 atom stereocenters. The van der Waals surface area contributed by atoms with E-state index in [2.05, 4.69) is 16.0 Å². The maximum absolute atomic E-state index is 12.8. The minimum atomic E-state index is -1.15. The molecule has 0 aliphatic carbocycles. The smallest absolute Gasteiger partial charge is 0.252 e.